The molecule has 0 fully saturated rings. The molecule has 0 heterocycles. The Morgan fingerprint density at radius 1 is 1.38 bits per heavy atom. The second kappa shape index (κ2) is 3.61. The number of halogens is 1. The van der Waals surface area contributed by atoms with Crippen LogP contribution in [0.1, 0.15) is 0 Å². The van der Waals surface area contributed by atoms with E-state index < -0.39 is 6.17 Å². The van der Waals surface area contributed by atoms with Crippen molar-refractivity contribution in [1.82, 2.24) is 0 Å². The minimum Gasteiger partial charge on any atom is -0.243 e. The van der Waals surface area contributed by atoms with Crippen LogP contribution in [-0.2, 0) is 0 Å². The third-order valence-corrected chi connectivity index (χ3v) is 2.21. The Morgan fingerprint density at radius 3 is 2.00 bits per heavy atom. The maximum absolute atomic E-state index is 12.4. The molecule has 0 aliphatic carbocycles. The van der Waals surface area contributed by atoms with Crippen LogP contribution in [0.4, 0.5) is 4.39 Å². The lowest BCUT2D eigenvalue weighted by molar-refractivity contribution is 0.405. The number of alkyl halides is 1. The van der Waals surface area contributed by atoms with Gasteiger partial charge in [-0.1, -0.05) is 12.2 Å². The third kappa shape index (κ3) is 2.07. The number of rotatable bonds is 3. The van der Waals surface area contributed by atoms with Crippen molar-refractivity contribution < 1.29 is 4.39 Å². The zero-order valence-corrected chi connectivity index (χ0v) is 7.10. The average Bonchev–Trinajstić information content (AvgIpc) is 1.84. The largest absolute Gasteiger partial charge is 0.243 e. The monoisotopic (exact) mass is 130 g/mol. The van der Waals surface area contributed by atoms with E-state index in [1.54, 1.807) is 6.08 Å². The van der Waals surface area contributed by atoms with Crippen molar-refractivity contribution in [2.75, 3.05) is 0 Å². The van der Waals surface area contributed by atoms with Crippen molar-refractivity contribution >= 4 is 10.2 Å². The lowest BCUT2D eigenvalue weighted by Gasteiger charge is -2.04. The van der Waals surface area contributed by atoms with Crippen molar-refractivity contribution in [2.24, 2.45) is 0 Å². The molecule has 8 heavy (non-hydrogen) atoms. The molecule has 0 saturated carbocycles. The Bertz CT molecular complexity index is 78.5. The molecule has 2 unspecified atom stereocenters. The van der Waals surface area contributed by atoms with Gasteiger partial charge in [-0.3, -0.25) is 0 Å². The molecule has 0 bridgehead atoms. The van der Waals surface area contributed by atoms with Crippen LogP contribution in [0.3, 0.4) is 0 Å². The van der Waals surface area contributed by atoms with Crippen LogP contribution in [0, 0.1) is 0 Å². The smallest absolute Gasteiger partial charge is 0.121 e. The zero-order valence-electron chi connectivity index (χ0n) is 5.10. The molecule has 46 valence electrons. The normalized spacial score (nSPS) is 17.1. The molecule has 0 saturated heterocycles. The molecule has 0 aliphatic heterocycles. The summed E-state index contributed by atoms with van der Waals surface area (Å²) in [5.74, 6) is 0. The summed E-state index contributed by atoms with van der Waals surface area (Å²) in [7, 11) is 0.819. The van der Waals surface area contributed by atoms with Crippen molar-refractivity contribution in [1.29, 1.82) is 0 Å². The molecule has 0 aromatic heterocycles. The van der Waals surface area contributed by atoms with Gasteiger partial charge in [-0.2, -0.15) is 0 Å². The van der Waals surface area contributed by atoms with Gasteiger partial charge in [0.1, 0.15) is 6.17 Å². The highest BCUT2D eigenvalue weighted by Crippen LogP contribution is 2.11. The Labute approximate surface area is 52.5 Å². The van der Waals surface area contributed by atoms with Gasteiger partial charge in [0.05, 0.1) is 0 Å². The van der Waals surface area contributed by atoms with Gasteiger partial charge in [-0.05, 0) is 5.54 Å². The zero-order chi connectivity index (χ0) is 6.57. The van der Waals surface area contributed by atoms with Crippen LogP contribution < -0.4 is 0 Å². The quantitative estimate of drug-likeness (QED) is 0.392. The van der Waals surface area contributed by atoms with Crippen LogP contribution in [0.15, 0.2) is 25.3 Å². The first-order valence-electron chi connectivity index (χ1n) is 2.61. The predicted molar refractivity (Wildman–Crippen MR) is 39.0 cm³/mol. The van der Waals surface area contributed by atoms with Crippen LogP contribution in [0.5, 0.6) is 0 Å². The lowest BCUT2D eigenvalue weighted by Crippen LogP contribution is -2.02. The standard InChI is InChI=1S/C6H11FSi/c1-3-5(7)6(8)4-2/h3-6H,1-2H2,8H3. The molecule has 0 aromatic rings. The second-order valence-corrected chi connectivity index (χ2v) is 3.11. The van der Waals surface area contributed by atoms with Gasteiger partial charge >= 0.3 is 0 Å². The highest BCUT2D eigenvalue weighted by Gasteiger charge is 2.05. The fourth-order valence-corrected chi connectivity index (χ4v) is 0.617. The molecular formula is C6H11FSi. The SMILES string of the molecule is C=CC(F)C([SiH3])C=C. The highest BCUT2D eigenvalue weighted by molar-refractivity contribution is 6.13. The molecule has 0 nitrogen and oxygen atoms in total. The summed E-state index contributed by atoms with van der Waals surface area (Å²) in [6.07, 6.45) is 2.08. The van der Waals surface area contributed by atoms with E-state index in [0.29, 0.717) is 0 Å². The van der Waals surface area contributed by atoms with E-state index in [2.05, 4.69) is 13.2 Å². The van der Waals surface area contributed by atoms with Crippen molar-refractivity contribution in [3.63, 3.8) is 0 Å². The first-order valence-corrected chi connectivity index (χ1v) is 3.77. The summed E-state index contributed by atoms with van der Waals surface area (Å²) in [4.78, 5) is 0. The van der Waals surface area contributed by atoms with E-state index in [1.165, 1.54) is 6.08 Å². The van der Waals surface area contributed by atoms with Gasteiger partial charge in [-0.25, -0.2) is 4.39 Å². The van der Waals surface area contributed by atoms with Gasteiger partial charge in [0.2, 0.25) is 0 Å². The molecule has 0 spiro atoms. The van der Waals surface area contributed by atoms with Crippen molar-refractivity contribution in [3.05, 3.63) is 25.3 Å². The second-order valence-electron chi connectivity index (χ2n) is 1.77. The van der Waals surface area contributed by atoms with Crippen molar-refractivity contribution in [2.45, 2.75) is 11.7 Å². The Kier molecular flexibility index (Phi) is 3.44. The Hall–Kier alpha value is -0.373. The third-order valence-electron chi connectivity index (χ3n) is 1.10. The molecule has 0 rings (SSSR count). The summed E-state index contributed by atoms with van der Waals surface area (Å²) < 4.78 is 12.4. The fourth-order valence-electron chi connectivity index (χ4n) is 0.345. The lowest BCUT2D eigenvalue weighted by atomic mass is 10.2. The maximum Gasteiger partial charge on any atom is 0.121 e. The molecule has 0 amide bonds. The summed E-state index contributed by atoms with van der Waals surface area (Å²) in [6, 6.07) is 0. The summed E-state index contributed by atoms with van der Waals surface area (Å²) in [6.45, 7) is 6.81. The van der Waals surface area contributed by atoms with Gasteiger partial charge in [0.25, 0.3) is 0 Å². The summed E-state index contributed by atoms with van der Waals surface area (Å²) in [5, 5.41) is 0. The Morgan fingerprint density at radius 2 is 1.88 bits per heavy atom. The number of hydrogen-bond donors (Lipinski definition) is 0. The average molecular weight is 130 g/mol. The molecular weight excluding hydrogens is 119 g/mol. The van der Waals surface area contributed by atoms with Gasteiger partial charge in [-0.15, -0.1) is 13.2 Å². The molecule has 0 aliphatic rings. The molecule has 2 atom stereocenters. The van der Waals surface area contributed by atoms with E-state index in [1.807, 2.05) is 0 Å². The van der Waals surface area contributed by atoms with Gasteiger partial charge in [0, 0.05) is 10.2 Å². The minimum atomic E-state index is -0.876. The number of hydrogen-bond acceptors (Lipinski definition) is 0. The maximum atomic E-state index is 12.4. The first-order chi connectivity index (χ1) is 3.72. The summed E-state index contributed by atoms with van der Waals surface area (Å²) >= 11 is 0. The predicted octanol–water partition coefficient (Wildman–Crippen LogP) is 0.850. The van der Waals surface area contributed by atoms with E-state index in [9.17, 15) is 4.39 Å². The van der Waals surface area contributed by atoms with Crippen LogP contribution in [0.2, 0.25) is 5.54 Å². The number of allylic oxidation sites excluding steroid dienone is 2. The van der Waals surface area contributed by atoms with E-state index in [-0.39, 0.29) is 5.54 Å². The van der Waals surface area contributed by atoms with E-state index in [4.69, 9.17) is 0 Å². The van der Waals surface area contributed by atoms with Gasteiger partial charge in [0.15, 0.2) is 0 Å². The minimum absolute atomic E-state index is 0.0347. The highest BCUT2D eigenvalue weighted by atomic mass is 28.1. The van der Waals surface area contributed by atoms with Gasteiger partial charge < -0.3 is 0 Å². The fraction of sp³-hybridized carbons (Fsp3) is 0.333. The van der Waals surface area contributed by atoms with E-state index in [0.717, 1.165) is 10.2 Å². The van der Waals surface area contributed by atoms with Crippen LogP contribution >= 0.6 is 0 Å². The summed E-state index contributed by atoms with van der Waals surface area (Å²) in [5.41, 5.74) is 0.0347. The topological polar surface area (TPSA) is 0 Å². The van der Waals surface area contributed by atoms with Crippen LogP contribution in [0.25, 0.3) is 0 Å². The molecule has 2 heteroatoms. The van der Waals surface area contributed by atoms with Crippen LogP contribution in [-0.4, -0.2) is 16.4 Å². The van der Waals surface area contributed by atoms with Crippen molar-refractivity contribution in [3.8, 4) is 0 Å². The van der Waals surface area contributed by atoms with E-state index >= 15 is 0 Å². The molecule has 0 aromatic carbocycles. The first kappa shape index (κ1) is 7.63. The molecule has 0 radical (unpaired) electrons. The molecule has 0 N–H and O–H groups in total. The Balaban J connectivity index is 3.60.